The Balaban J connectivity index is 0.00000392. The summed E-state index contributed by atoms with van der Waals surface area (Å²) in [5.41, 5.74) is 1.36. The smallest absolute Gasteiger partial charge is 0.193 e. The third-order valence-electron chi connectivity index (χ3n) is 5.18. The summed E-state index contributed by atoms with van der Waals surface area (Å²) in [5.74, 6) is 1.06. The van der Waals surface area contributed by atoms with E-state index in [2.05, 4.69) is 71.2 Å². The van der Waals surface area contributed by atoms with Crippen molar-refractivity contribution in [2.75, 3.05) is 64.3 Å². The number of halogens is 1. The van der Waals surface area contributed by atoms with E-state index in [9.17, 15) is 0 Å². The van der Waals surface area contributed by atoms with Crippen LogP contribution in [0.15, 0.2) is 35.3 Å². The number of aliphatic imine (C=N–C) groups is 1. The molecular weight excluding hydrogens is 461 g/mol. The van der Waals surface area contributed by atoms with E-state index in [0.717, 1.165) is 45.1 Å². The summed E-state index contributed by atoms with van der Waals surface area (Å²) in [6.07, 6.45) is 4.83. The summed E-state index contributed by atoms with van der Waals surface area (Å²) < 4.78 is 0. The van der Waals surface area contributed by atoms with Crippen molar-refractivity contribution in [1.82, 2.24) is 15.1 Å². The average Bonchev–Trinajstić information content (AvgIpc) is 2.72. The molecule has 5 nitrogen and oxygen atoms in total. The zero-order valence-corrected chi connectivity index (χ0v) is 20.4. The van der Waals surface area contributed by atoms with Crippen LogP contribution in [0.3, 0.4) is 0 Å². The Hall–Kier alpha value is -1.02. The van der Waals surface area contributed by atoms with Crippen LogP contribution in [-0.2, 0) is 0 Å². The minimum atomic E-state index is 0. The highest BCUT2D eigenvalue weighted by Crippen LogP contribution is 2.15. The predicted molar refractivity (Wildman–Crippen MR) is 133 cm³/mol. The molecular formula is C22H40IN5. The highest BCUT2D eigenvalue weighted by Gasteiger charge is 2.16. The van der Waals surface area contributed by atoms with Gasteiger partial charge in [-0.1, -0.05) is 31.5 Å². The summed E-state index contributed by atoms with van der Waals surface area (Å²) in [6.45, 7) is 13.1. The molecule has 0 aromatic heterocycles. The Morgan fingerprint density at radius 3 is 2.39 bits per heavy atom. The van der Waals surface area contributed by atoms with E-state index in [1.54, 1.807) is 0 Å². The number of para-hydroxylation sites is 1. The Morgan fingerprint density at radius 1 is 1.04 bits per heavy atom. The number of unbranched alkanes of at least 4 members (excludes halogenated alkanes) is 2. The zero-order valence-electron chi connectivity index (χ0n) is 18.1. The Morgan fingerprint density at radius 2 is 1.75 bits per heavy atom. The van der Waals surface area contributed by atoms with E-state index in [4.69, 9.17) is 4.99 Å². The molecule has 0 amide bonds. The molecule has 2 rings (SSSR count). The Kier molecular flexibility index (Phi) is 13.3. The van der Waals surface area contributed by atoms with Crippen molar-refractivity contribution in [2.24, 2.45) is 4.99 Å². The number of rotatable bonds is 10. The molecule has 28 heavy (non-hydrogen) atoms. The summed E-state index contributed by atoms with van der Waals surface area (Å²) in [6, 6.07) is 10.8. The van der Waals surface area contributed by atoms with Crippen molar-refractivity contribution in [2.45, 2.75) is 39.5 Å². The van der Waals surface area contributed by atoms with Crippen molar-refractivity contribution < 1.29 is 0 Å². The van der Waals surface area contributed by atoms with Gasteiger partial charge in [-0.25, -0.2) is 0 Å². The number of anilines is 1. The summed E-state index contributed by atoms with van der Waals surface area (Å²) in [5, 5.41) is 3.41. The van der Waals surface area contributed by atoms with Gasteiger partial charge >= 0.3 is 0 Å². The first-order valence-electron chi connectivity index (χ1n) is 10.8. The van der Waals surface area contributed by atoms with Gasteiger partial charge in [0.1, 0.15) is 0 Å². The van der Waals surface area contributed by atoms with E-state index < -0.39 is 0 Å². The first-order chi connectivity index (χ1) is 13.2. The number of benzene rings is 1. The van der Waals surface area contributed by atoms with Gasteiger partial charge in [-0.15, -0.1) is 24.0 Å². The van der Waals surface area contributed by atoms with Crippen LogP contribution in [0.25, 0.3) is 0 Å². The van der Waals surface area contributed by atoms with Gasteiger partial charge in [0, 0.05) is 58.5 Å². The molecule has 0 spiro atoms. The van der Waals surface area contributed by atoms with E-state index in [-0.39, 0.29) is 24.0 Å². The predicted octanol–water partition coefficient (Wildman–Crippen LogP) is 3.90. The van der Waals surface area contributed by atoms with Gasteiger partial charge in [0.2, 0.25) is 0 Å². The molecule has 1 aromatic carbocycles. The van der Waals surface area contributed by atoms with Gasteiger partial charge in [-0.05, 0) is 44.9 Å². The number of hydrogen-bond acceptors (Lipinski definition) is 3. The van der Waals surface area contributed by atoms with Gasteiger partial charge in [0.15, 0.2) is 5.96 Å². The largest absolute Gasteiger partial charge is 0.369 e. The molecule has 1 aromatic rings. The van der Waals surface area contributed by atoms with E-state index >= 15 is 0 Å². The molecule has 1 fully saturated rings. The topological polar surface area (TPSA) is 34.1 Å². The highest BCUT2D eigenvalue weighted by atomic mass is 127. The molecule has 0 atom stereocenters. The molecule has 0 aliphatic carbocycles. The fourth-order valence-corrected chi connectivity index (χ4v) is 3.47. The second-order valence-corrected chi connectivity index (χ2v) is 7.38. The van der Waals surface area contributed by atoms with E-state index in [0.29, 0.717) is 0 Å². The Bertz CT molecular complexity index is 529. The summed E-state index contributed by atoms with van der Waals surface area (Å²) >= 11 is 0. The first-order valence-corrected chi connectivity index (χ1v) is 10.8. The molecule has 160 valence electrons. The minimum Gasteiger partial charge on any atom is -0.369 e. The van der Waals surface area contributed by atoms with Crippen molar-refractivity contribution in [3.05, 3.63) is 30.3 Å². The molecule has 1 N–H and O–H groups in total. The van der Waals surface area contributed by atoms with Gasteiger partial charge in [-0.3, -0.25) is 9.89 Å². The third-order valence-corrected chi connectivity index (χ3v) is 5.18. The zero-order chi connectivity index (χ0) is 19.3. The van der Waals surface area contributed by atoms with Crippen LogP contribution in [0, 0.1) is 0 Å². The van der Waals surface area contributed by atoms with Crippen LogP contribution in [0.4, 0.5) is 5.69 Å². The molecule has 1 heterocycles. The lowest BCUT2D eigenvalue weighted by molar-refractivity contribution is 0.253. The standard InChI is InChI=1S/C22H39N5.HI/c1-4-6-15-25(3)22(23-5-2)24-14-10-11-16-26-17-19-27(20-18-26)21-12-8-7-9-13-21;/h7-9,12-13H,4-6,10-11,14-20H2,1-3H3,(H,23,24);1H. The Labute approximate surface area is 189 Å². The van der Waals surface area contributed by atoms with Crippen LogP contribution in [0.2, 0.25) is 0 Å². The highest BCUT2D eigenvalue weighted by molar-refractivity contribution is 14.0. The maximum atomic E-state index is 4.81. The van der Waals surface area contributed by atoms with Crippen molar-refractivity contribution in [3.63, 3.8) is 0 Å². The molecule has 0 radical (unpaired) electrons. The second kappa shape index (κ2) is 14.9. The maximum Gasteiger partial charge on any atom is 0.193 e. The van der Waals surface area contributed by atoms with Crippen LogP contribution in [0.5, 0.6) is 0 Å². The lowest BCUT2D eigenvalue weighted by Gasteiger charge is -2.36. The van der Waals surface area contributed by atoms with Gasteiger partial charge < -0.3 is 15.1 Å². The average molecular weight is 502 g/mol. The molecule has 1 saturated heterocycles. The maximum absolute atomic E-state index is 4.81. The van der Waals surface area contributed by atoms with Crippen molar-refractivity contribution in [3.8, 4) is 0 Å². The van der Waals surface area contributed by atoms with Crippen molar-refractivity contribution >= 4 is 35.6 Å². The quantitative estimate of drug-likeness (QED) is 0.228. The van der Waals surface area contributed by atoms with Gasteiger partial charge in [-0.2, -0.15) is 0 Å². The van der Waals surface area contributed by atoms with Crippen molar-refractivity contribution in [1.29, 1.82) is 0 Å². The van der Waals surface area contributed by atoms with E-state index in [1.807, 2.05) is 0 Å². The monoisotopic (exact) mass is 501 g/mol. The van der Waals surface area contributed by atoms with Crippen LogP contribution in [-0.4, -0.2) is 75.2 Å². The third kappa shape index (κ3) is 8.99. The summed E-state index contributed by atoms with van der Waals surface area (Å²) in [4.78, 5) is 12.2. The lowest BCUT2D eigenvalue weighted by atomic mass is 10.2. The first kappa shape index (κ1) is 25.0. The van der Waals surface area contributed by atoms with Gasteiger partial charge in [0.25, 0.3) is 0 Å². The normalized spacial score (nSPS) is 15.2. The second-order valence-electron chi connectivity index (χ2n) is 7.38. The summed E-state index contributed by atoms with van der Waals surface area (Å²) in [7, 11) is 2.14. The van der Waals surface area contributed by atoms with E-state index in [1.165, 1.54) is 44.6 Å². The van der Waals surface area contributed by atoms with Crippen LogP contribution >= 0.6 is 24.0 Å². The fraction of sp³-hybridized carbons (Fsp3) is 0.682. The molecule has 6 heteroatoms. The molecule has 0 unspecified atom stereocenters. The number of nitrogens with one attached hydrogen (secondary N) is 1. The molecule has 1 aliphatic heterocycles. The van der Waals surface area contributed by atoms with Crippen LogP contribution < -0.4 is 10.2 Å². The number of nitrogens with zero attached hydrogens (tertiary/aromatic N) is 4. The molecule has 0 saturated carbocycles. The SMILES string of the molecule is CCCCN(C)C(=NCCCCN1CCN(c2ccccc2)CC1)NCC.I. The van der Waals surface area contributed by atoms with Crippen LogP contribution in [0.1, 0.15) is 39.5 Å². The number of hydrogen-bond donors (Lipinski definition) is 1. The lowest BCUT2D eigenvalue weighted by Crippen LogP contribution is -2.46. The minimum absolute atomic E-state index is 0. The molecule has 1 aliphatic rings. The van der Waals surface area contributed by atoms with Gasteiger partial charge in [0.05, 0.1) is 0 Å². The fourth-order valence-electron chi connectivity index (χ4n) is 3.47. The molecule has 0 bridgehead atoms. The number of piperazine rings is 1. The number of guanidine groups is 1.